The van der Waals surface area contributed by atoms with E-state index in [9.17, 15) is 23.5 Å². The molecule has 4 rings (SSSR count). The average Bonchev–Trinajstić information content (AvgIpc) is 3.15. The lowest BCUT2D eigenvalue weighted by Gasteiger charge is -2.40. The molecule has 0 aromatic carbocycles. The van der Waals surface area contributed by atoms with E-state index in [1.807, 2.05) is 6.92 Å². The molecule has 10 heteroatoms. The maximum Gasteiger partial charge on any atom is 0.417 e. The van der Waals surface area contributed by atoms with Crippen molar-refractivity contribution in [3.63, 3.8) is 0 Å². The average molecular weight is 406 g/mol. The van der Waals surface area contributed by atoms with E-state index in [1.54, 1.807) is 21.8 Å². The number of nitrogens with zero attached hydrogens (tertiary/aromatic N) is 5. The summed E-state index contributed by atoms with van der Waals surface area (Å²) in [6, 6.07) is 2.38. The van der Waals surface area contributed by atoms with Gasteiger partial charge >= 0.3 is 6.18 Å². The topological polar surface area (TPSA) is 90.0 Å². The number of anilines is 1. The van der Waals surface area contributed by atoms with Gasteiger partial charge in [-0.3, -0.25) is 4.68 Å². The number of halogens is 3. The van der Waals surface area contributed by atoms with Gasteiger partial charge < -0.3 is 15.3 Å². The molecule has 0 amide bonds. The lowest BCUT2D eigenvalue weighted by Crippen LogP contribution is -2.46. The van der Waals surface area contributed by atoms with Gasteiger partial charge in [-0.15, -0.1) is 0 Å². The molecule has 4 heterocycles. The first-order chi connectivity index (χ1) is 13.8. The number of aliphatic hydroxyl groups excluding tert-OH is 1. The lowest BCUT2D eigenvalue weighted by molar-refractivity contribution is -0.137. The van der Waals surface area contributed by atoms with Crippen LogP contribution in [0.25, 0.3) is 11.3 Å². The third-order valence-electron chi connectivity index (χ3n) is 5.66. The molecule has 0 aliphatic carbocycles. The molecule has 0 bridgehead atoms. The summed E-state index contributed by atoms with van der Waals surface area (Å²) in [6.45, 7) is 3.61. The molecule has 2 aromatic rings. The maximum atomic E-state index is 13.7. The number of pyridine rings is 1. The Morgan fingerprint density at radius 1 is 1.34 bits per heavy atom. The monoisotopic (exact) mass is 406 g/mol. The minimum absolute atomic E-state index is 0.0264. The van der Waals surface area contributed by atoms with Crippen LogP contribution in [0.1, 0.15) is 36.9 Å². The number of nitrogens with one attached hydrogen (secondary N) is 1. The minimum atomic E-state index is -4.67. The molecular formula is C19H21F3N6O. The number of aromatic nitrogens is 3. The molecule has 3 atom stereocenters. The third kappa shape index (κ3) is 3.56. The second kappa shape index (κ2) is 7.31. The fourth-order valence-corrected chi connectivity index (χ4v) is 3.84. The quantitative estimate of drug-likeness (QED) is 0.813. The highest BCUT2D eigenvalue weighted by Crippen LogP contribution is 2.39. The highest BCUT2D eigenvalue weighted by atomic mass is 19.4. The Morgan fingerprint density at radius 2 is 2.14 bits per heavy atom. The molecule has 154 valence electrons. The second-order valence-electron chi connectivity index (χ2n) is 7.53. The lowest BCUT2D eigenvalue weighted by atomic mass is 10.0. The van der Waals surface area contributed by atoms with Gasteiger partial charge in [0.2, 0.25) is 0 Å². The van der Waals surface area contributed by atoms with Crippen LogP contribution in [0, 0.1) is 11.3 Å². The van der Waals surface area contributed by atoms with Crippen molar-refractivity contribution in [2.24, 2.45) is 0 Å². The van der Waals surface area contributed by atoms with Crippen LogP contribution in [0.3, 0.4) is 0 Å². The summed E-state index contributed by atoms with van der Waals surface area (Å²) in [4.78, 5) is 6.13. The Labute approximate surface area is 165 Å². The van der Waals surface area contributed by atoms with Gasteiger partial charge in [0.15, 0.2) is 0 Å². The molecular weight excluding hydrogens is 385 g/mol. The Kier molecular flexibility index (Phi) is 4.96. The van der Waals surface area contributed by atoms with Crippen LogP contribution in [0.2, 0.25) is 0 Å². The van der Waals surface area contributed by atoms with Gasteiger partial charge in [-0.2, -0.15) is 23.5 Å². The number of β-amino-alcohol motifs (C(OH)–C–C–N with tert-alkyl or cyclic N) is 1. The number of aliphatic hydroxyl groups is 1. The van der Waals surface area contributed by atoms with Crippen molar-refractivity contribution in [3.05, 3.63) is 29.6 Å². The van der Waals surface area contributed by atoms with Gasteiger partial charge in [-0.05, 0) is 32.4 Å². The molecule has 2 unspecified atom stereocenters. The van der Waals surface area contributed by atoms with E-state index in [0.717, 1.165) is 19.0 Å². The van der Waals surface area contributed by atoms with Crippen LogP contribution in [0.5, 0.6) is 0 Å². The first kappa shape index (κ1) is 19.7. The summed E-state index contributed by atoms with van der Waals surface area (Å²) in [6.07, 6.45) is -0.748. The standard InChI is InChI=1S/C19H21F3N6O/c1-11-3-5-27(11)18-13(7-23)14(19(20,21)22)6-15(26-18)12-8-25-28(10-12)16-2-4-24-9-17(16)29/h6,8,10-11,16-17,24,29H,2-5,9H2,1H3/t11-,16?,17?/m0/s1. The molecule has 7 nitrogen and oxygen atoms in total. The zero-order valence-corrected chi connectivity index (χ0v) is 15.8. The first-order valence-electron chi connectivity index (χ1n) is 9.52. The first-order valence-corrected chi connectivity index (χ1v) is 9.52. The molecule has 2 aliphatic rings. The number of piperidine rings is 1. The van der Waals surface area contributed by atoms with Crippen LogP contribution in [0.15, 0.2) is 18.5 Å². The van der Waals surface area contributed by atoms with Crippen molar-refractivity contribution >= 4 is 5.82 Å². The fraction of sp³-hybridized carbons (Fsp3) is 0.526. The van der Waals surface area contributed by atoms with Gasteiger partial charge in [0, 0.05) is 30.9 Å². The number of nitriles is 1. The third-order valence-corrected chi connectivity index (χ3v) is 5.66. The smallest absolute Gasteiger partial charge is 0.390 e. The number of hydrogen-bond donors (Lipinski definition) is 2. The Balaban J connectivity index is 1.78. The number of rotatable bonds is 3. The molecule has 2 fully saturated rings. The largest absolute Gasteiger partial charge is 0.417 e. The van der Waals surface area contributed by atoms with Gasteiger partial charge in [-0.25, -0.2) is 4.98 Å². The maximum absolute atomic E-state index is 13.7. The number of hydrogen-bond acceptors (Lipinski definition) is 6. The van der Waals surface area contributed by atoms with Crippen molar-refractivity contribution in [3.8, 4) is 17.3 Å². The van der Waals surface area contributed by atoms with E-state index in [2.05, 4.69) is 15.4 Å². The summed E-state index contributed by atoms with van der Waals surface area (Å²) in [7, 11) is 0. The van der Waals surface area contributed by atoms with E-state index in [0.29, 0.717) is 25.1 Å². The predicted molar refractivity (Wildman–Crippen MR) is 99.1 cm³/mol. The number of alkyl halides is 3. The Hall–Kier alpha value is -2.64. The molecule has 2 saturated heterocycles. The van der Waals surface area contributed by atoms with E-state index in [1.165, 1.54) is 6.20 Å². The van der Waals surface area contributed by atoms with Crippen molar-refractivity contribution < 1.29 is 18.3 Å². The molecule has 2 N–H and O–H groups in total. The minimum Gasteiger partial charge on any atom is -0.390 e. The van der Waals surface area contributed by atoms with Crippen LogP contribution < -0.4 is 10.2 Å². The van der Waals surface area contributed by atoms with E-state index >= 15 is 0 Å². The Morgan fingerprint density at radius 3 is 2.72 bits per heavy atom. The molecule has 29 heavy (non-hydrogen) atoms. The SMILES string of the molecule is C[C@H]1CCN1c1nc(-c2cnn(C3CCNCC3O)c2)cc(C(F)(F)F)c1C#N. The highest BCUT2D eigenvalue weighted by molar-refractivity contribution is 5.68. The van der Waals surface area contributed by atoms with Crippen LogP contribution in [0.4, 0.5) is 19.0 Å². The molecule has 0 saturated carbocycles. The zero-order chi connectivity index (χ0) is 20.8. The molecule has 0 radical (unpaired) electrons. The normalized spacial score (nSPS) is 24.8. The van der Waals surface area contributed by atoms with Crippen molar-refractivity contribution in [1.29, 1.82) is 5.26 Å². The van der Waals surface area contributed by atoms with Gasteiger partial charge in [0.25, 0.3) is 0 Å². The molecule has 2 aromatic heterocycles. The van der Waals surface area contributed by atoms with E-state index in [4.69, 9.17) is 0 Å². The summed E-state index contributed by atoms with van der Waals surface area (Å²) in [5.41, 5.74) is -0.914. The van der Waals surface area contributed by atoms with Gasteiger partial charge in [-0.1, -0.05) is 0 Å². The summed E-state index contributed by atoms with van der Waals surface area (Å²) < 4.78 is 42.6. The summed E-state index contributed by atoms with van der Waals surface area (Å²) >= 11 is 0. The summed E-state index contributed by atoms with van der Waals surface area (Å²) in [5.74, 6) is 0.0609. The van der Waals surface area contributed by atoms with E-state index < -0.39 is 23.4 Å². The van der Waals surface area contributed by atoms with Gasteiger partial charge in [0.1, 0.15) is 17.5 Å². The fourth-order valence-electron chi connectivity index (χ4n) is 3.84. The van der Waals surface area contributed by atoms with Crippen molar-refractivity contribution in [2.75, 3.05) is 24.5 Å². The van der Waals surface area contributed by atoms with E-state index in [-0.39, 0.29) is 23.6 Å². The van der Waals surface area contributed by atoms with Crippen molar-refractivity contribution in [2.45, 2.75) is 44.1 Å². The Bertz CT molecular complexity index is 950. The van der Waals surface area contributed by atoms with Crippen LogP contribution in [-0.2, 0) is 6.18 Å². The molecule has 2 aliphatic heterocycles. The summed E-state index contributed by atoms with van der Waals surface area (Å²) in [5, 5.41) is 26.9. The predicted octanol–water partition coefficient (Wildman–Crippen LogP) is 2.33. The van der Waals surface area contributed by atoms with Crippen LogP contribution in [-0.4, -0.2) is 51.7 Å². The zero-order valence-electron chi connectivity index (χ0n) is 15.8. The van der Waals surface area contributed by atoms with Gasteiger partial charge in [0.05, 0.1) is 29.6 Å². The van der Waals surface area contributed by atoms with Crippen molar-refractivity contribution in [1.82, 2.24) is 20.1 Å². The highest BCUT2D eigenvalue weighted by Gasteiger charge is 2.39. The molecule has 0 spiro atoms. The van der Waals surface area contributed by atoms with Crippen LogP contribution >= 0.6 is 0 Å². The second-order valence-corrected chi connectivity index (χ2v) is 7.53.